The van der Waals surface area contributed by atoms with Gasteiger partial charge in [0, 0.05) is 5.54 Å². The maximum Gasteiger partial charge on any atom is 0.0644 e. The topological polar surface area (TPSA) is 35.2 Å². The molecule has 2 aliphatic rings. The first-order valence-corrected chi connectivity index (χ1v) is 6.57. The Balaban J connectivity index is 2.05. The van der Waals surface area contributed by atoms with Crippen LogP contribution in [0.25, 0.3) is 0 Å². The fraction of sp³-hybridized carbons (Fsp3) is 1.00. The van der Waals surface area contributed by atoms with Gasteiger partial charge in [-0.15, -0.1) is 0 Å². The normalized spacial score (nSPS) is 41.6. The van der Waals surface area contributed by atoms with E-state index in [-0.39, 0.29) is 5.54 Å². The summed E-state index contributed by atoms with van der Waals surface area (Å²) >= 11 is 0. The summed E-state index contributed by atoms with van der Waals surface area (Å²) in [5.74, 6) is 0.850. The maximum atomic E-state index is 6.11. The molecule has 2 fully saturated rings. The molecule has 2 rings (SSSR count). The van der Waals surface area contributed by atoms with Crippen molar-refractivity contribution in [3.8, 4) is 0 Å². The Morgan fingerprint density at radius 1 is 1.31 bits per heavy atom. The summed E-state index contributed by atoms with van der Waals surface area (Å²) in [6.07, 6.45) is 4.36. The third-order valence-corrected chi connectivity index (χ3v) is 5.37. The number of rotatable bonds is 3. The monoisotopic (exact) mass is 225 g/mol. The van der Waals surface area contributed by atoms with E-state index in [0.717, 1.165) is 5.92 Å². The van der Waals surface area contributed by atoms with Gasteiger partial charge in [0.15, 0.2) is 0 Å². The third-order valence-electron chi connectivity index (χ3n) is 5.37. The van der Waals surface area contributed by atoms with Crippen LogP contribution in [0.15, 0.2) is 0 Å². The van der Waals surface area contributed by atoms with Gasteiger partial charge in [-0.1, -0.05) is 20.8 Å². The number of hydrogen-bond donors (Lipinski definition) is 1. The van der Waals surface area contributed by atoms with Crippen LogP contribution in [0.5, 0.6) is 0 Å². The van der Waals surface area contributed by atoms with Gasteiger partial charge in [-0.2, -0.15) is 0 Å². The molecule has 16 heavy (non-hydrogen) atoms. The van der Waals surface area contributed by atoms with Crippen LogP contribution in [0.4, 0.5) is 0 Å². The Labute approximate surface area is 99.9 Å². The molecule has 2 nitrogen and oxygen atoms in total. The number of hydrogen-bond acceptors (Lipinski definition) is 2. The van der Waals surface area contributed by atoms with Gasteiger partial charge in [0.05, 0.1) is 12.7 Å². The molecule has 94 valence electrons. The van der Waals surface area contributed by atoms with Gasteiger partial charge >= 0.3 is 0 Å². The van der Waals surface area contributed by atoms with Gasteiger partial charge in [0.2, 0.25) is 0 Å². The molecule has 2 heteroatoms. The van der Waals surface area contributed by atoms with Gasteiger partial charge in [0.1, 0.15) is 0 Å². The highest BCUT2D eigenvalue weighted by Crippen LogP contribution is 2.66. The second kappa shape index (κ2) is 3.46. The van der Waals surface area contributed by atoms with Crippen molar-refractivity contribution in [3.05, 3.63) is 0 Å². The lowest BCUT2D eigenvalue weighted by molar-refractivity contribution is -0.0591. The largest absolute Gasteiger partial charge is 0.376 e. The maximum absolute atomic E-state index is 6.11. The highest BCUT2D eigenvalue weighted by Gasteiger charge is 2.61. The van der Waals surface area contributed by atoms with Crippen molar-refractivity contribution in [2.75, 3.05) is 6.61 Å². The Hall–Kier alpha value is -0.0800. The van der Waals surface area contributed by atoms with E-state index >= 15 is 0 Å². The third kappa shape index (κ3) is 1.70. The first-order chi connectivity index (χ1) is 7.17. The van der Waals surface area contributed by atoms with E-state index in [9.17, 15) is 0 Å². The average molecular weight is 225 g/mol. The minimum Gasteiger partial charge on any atom is -0.376 e. The molecule has 0 amide bonds. The van der Waals surface area contributed by atoms with Gasteiger partial charge in [0.25, 0.3) is 0 Å². The predicted octanol–water partition coefficient (Wildman–Crippen LogP) is 2.96. The Morgan fingerprint density at radius 3 is 2.31 bits per heavy atom. The minimum atomic E-state index is -0.206. The molecule has 0 saturated heterocycles. The summed E-state index contributed by atoms with van der Waals surface area (Å²) in [6, 6.07) is 0. The molecule has 0 radical (unpaired) electrons. The van der Waals surface area contributed by atoms with Crippen molar-refractivity contribution in [2.24, 2.45) is 22.5 Å². The van der Waals surface area contributed by atoms with Crippen LogP contribution in [0.2, 0.25) is 0 Å². The molecule has 0 aromatic carbocycles. The quantitative estimate of drug-likeness (QED) is 0.801. The summed E-state index contributed by atoms with van der Waals surface area (Å²) in [5, 5.41) is 0. The second-order valence-corrected chi connectivity index (χ2v) is 7.40. The van der Waals surface area contributed by atoms with Crippen LogP contribution in [-0.2, 0) is 4.74 Å². The standard InChI is InChI=1S/C14H27NO/c1-12(2,15)9-16-11-8-10-6-7-14(11,5)13(10,3)4/h10-11H,6-9,15H2,1-5H3/t10-,11+,14-/m1/s1. The van der Waals surface area contributed by atoms with Crippen LogP contribution in [0, 0.1) is 16.7 Å². The van der Waals surface area contributed by atoms with Crippen LogP contribution in [-0.4, -0.2) is 18.2 Å². The van der Waals surface area contributed by atoms with Crippen molar-refractivity contribution in [1.29, 1.82) is 0 Å². The Morgan fingerprint density at radius 2 is 1.94 bits per heavy atom. The van der Waals surface area contributed by atoms with Gasteiger partial charge in [-0.3, -0.25) is 0 Å². The molecular weight excluding hydrogens is 198 g/mol. The molecule has 2 saturated carbocycles. The van der Waals surface area contributed by atoms with Crippen LogP contribution in [0.3, 0.4) is 0 Å². The molecule has 0 aromatic rings. The summed E-state index contributed by atoms with van der Waals surface area (Å²) in [4.78, 5) is 0. The van der Waals surface area contributed by atoms with Crippen LogP contribution >= 0.6 is 0 Å². The van der Waals surface area contributed by atoms with E-state index in [1.54, 1.807) is 0 Å². The van der Waals surface area contributed by atoms with Crippen molar-refractivity contribution in [1.82, 2.24) is 0 Å². The molecule has 2 bridgehead atoms. The smallest absolute Gasteiger partial charge is 0.0644 e. The summed E-state index contributed by atoms with van der Waals surface area (Å²) < 4.78 is 6.11. The van der Waals surface area contributed by atoms with Crippen LogP contribution < -0.4 is 5.73 Å². The van der Waals surface area contributed by atoms with Gasteiger partial charge in [-0.05, 0) is 49.9 Å². The fourth-order valence-corrected chi connectivity index (χ4v) is 3.70. The lowest BCUT2D eigenvalue weighted by Gasteiger charge is -2.39. The van der Waals surface area contributed by atoms with E-state index in [2.05, 4.69) is 20.8 Å². The molecule has 2 aliphatic carbocycles. The molecule has 0 aromatic heterocycles. The number of ether oxygens (including phenoxy) is 1. The highest BCUT2D eigenvalue weighted by atomic mass is 16.5. The molecule has 0 aliphatic heterocycles. The Bertz CT molecular complexity index is 279. The molecular formula is C14H27NO. The van der Waals surface area contributed by atoms with Gasteiger partial charge in [-0.25, -0.2) is 0 Å². The summed E-state index contributed by atoms with van der Waals surface area (Å²) in [7, 11) is 0. The minimum absolute atomic E-state index is 0.206. The zero-order chi connectivity index (χ0) is 12.2. The zero-order valence-corrected chi connectivity index (χ0v) is 11.5. The Kier molecular flexibility index (Phi) is 2.67. The first kappa shape index (κ1) is 12.4. The fourth-order valence-electron chi connectivity index (χ4n) is 3.70. The molecule has 0 unspecified atom stereocenters. The van der Waals surface area contributed by atoms with Crippen molar-refractivity contribution >= 4 is 0 Å². The molecule has 0 heterocycles. The first-order valence-electron chi connectivity index (χ1n) is 6.57. The van der Waals surface area contributed by atoms with Gasteiger partial charge < -0.3 is 10.5 Å². The number of nitrogens with two attached hydrogens (primary N) is 1. The van der Waals surface area contributed by atoms with Crippen molar-refractivity contribution < 1.29 is 4.74 Å². The SMILES string of the molecule is CC(C)(N)CO[C@H]1C[C@H]2CC[C@@]1(C)C2(C)C. The van der Waals surface area contributed by atoms with E-state index < -0.39 is 0 Å². The zero-order valence-electron chi connectivity index (χ0n) is 11.5. The van der Waals surface area contributed by atoms with E-state index in [1.807, 2.05) is 13.8 Å². The predicted molar refractivity (Wildman–Crippen MR) is 67.2 cm³/mol. The second-order valence-electron chi connectivity index (χ2n) is 7.40. The van der Waals surface area contributed by atoms with Crippen molar-refractivity contribution in [2.45, 2.75) is 65.5 Å². The molecule has 2 N–H and O–H groups in total. The van der Waals surface area contributed by atoms with E-state index in [4.69, 9.17) is 10.5 Å². The number of fused-ring (bicyclic) bond motifs is 2. The molecule has 0 spiro atoms. The summed E-state index contributed by atoms with van der Waals surface area (Å²) in [5.41, 5.74) is 6.60. The molecule has 3 atom stereocenters. The van der Waals surface area contributed by atoms with Crippen LogP contribution in [0.1, 0.15) is 53.9 Å². The van der Waals surface area contributed by atoms with Crippen molar-refractivity contribution in [3.63, 3.8) is 0 Å². The lowest BCUT2D eigenvalue weighted by Crippen LogP contribution is -2.43. The van der Waals surface area contributed by atoms with E-state index in [1.165, 1.54) is 19.3 Å². The highest BCUT2D eigenvalue weighted by molar-refractivity contribution is 5.11. The summed E-state index contributed by atoms with van der Waals surface area (Å²) in [6.45, 7) is 12.0. The van der Waals surface area contributed by atoms with E-state index in [0.29, 0.717) is 23.5 Å². The lowest BCUT2D eigenvalue weighted by atomic mass is 9.70. The average Bonchev–Trinajstić information content (AvgIpc) is 2.45.